The number of hydrogen-bond donors (Lipinski definition) is 1. The molecule has 0 saturated heterocycles. The molecule has 0 spiro atoms. The van der Waals surface area contributed by atoms with Crippen molar-refractivity contribution < 1.29 is 6.16 Å². The Morgan fingerprint density at radius 2 is 1.80 bits per heavy atom. The van der Waals surface area contributed by atoms with Gasteiger partial charge in [-0.1, -0.05) is 51.3 Å². The van der Waals surface area contributed by atoms with Gasteiger partial charge < -0.3 is 10.1 Å². The van der Waals surface area contributed by atoms with Crippen LogP contribution in [0.25, 0.3) is 0 Å². The zero-order valence-corrected chi connectivity index (χ0v) is 14.1. The molecule has 0 fully saturated rings. The minimum Gasteiger partial charge on any atom is -0.496 e. The Hall–Kier alpha value is -1.02. The van der Waals surface area contributed by atoms with Gasteiger partial charge in [0.05, 0.1) is 7.11 Å². The van der Waals surface area contributed by atoms with Gasteiger partial charge in [0.15, 0.2) is 0 Å². The normalized spacial score (nSPS) is 9.85. The summed E-state index contributed by atoms with van der Waals surface area (Å²) >= 11 is 0. The minimum absolute atomic E-state index is 0. The maximum absolute atomic E-state index is 5.40. The molecular formula is C18H35NO. The Labute approximate surface area is 127 Å². The highest BCUT2D eigenvalue weighted by Crippen LogP contribution is 2.21. The highest BCUT2D eigenvalue weighted by Gasteiger charge is 2.02. The van der Waals surface area contributed by atoms with Gasteiger partial charge >= 0.3 is 0 Å². The van der Waals surface area contributed by atoms with Crippen molar-refractivity contribution in [2.24, 2.45) is 0 Å². The van der Waals surface area contributed by atoms with Crippen LogP contribution in [-0.2, 0) is 6.42 Å². The van der Waals surface area contributed by atoms with Crippen molar-refractivity contribution in [1.29, 1.82) is 0 Å². The van der Waals surface area contributed by atoms with Crippen LogP contribution in [0.2, 0.25) is 0 Å². The van der Waals surface area contributed by atoms with Crippen molar-refractivity contribution in [2.75, 3.05) is 20.2 Å². The molecule has 2 heteroatoms. The summed E-state index contributed by atoms with van der Waals surface area (Å²) in [5.41, 5.74) is 2.67. The van der Waals surface area contributed by atoms with Crippen molar-refractivity contribution in [3.63, 3.8) is 0 Å². The van der Waals surface area contributed by atoms with Gasteiger partial charge in [-0.25, -0.2) is 0 Å². The molecule has 0 aliphatic carbocycles. The molecular weight excluding hydrogens is 246 g/mol. The first-order valence-corrected chi connectivity index (χ1v) is 8.12. The average Bonchev–Trinajstić information content (AvgIpc) is 2.48. The van der Waals surface area contributed by atoms with E-state index in [-0.39, 0.29) is 1.43 Å². The Kier molecular flexibility index (Phi) is 12.3. The Bertz CT molecular complexity index is 342. The molecule has 118 valence electrons. The largest absolute Gasteiger partial charge is 0.496 e. The second kappa shape index (κ2) is 13.0. The highest BCUT2D eigenvalue weighted by atomic mass is 16.5. The molecule has 0 amide bonds. The van der Waals surface area contributed by atoms with Gasteiger partial charge in [0.2, 0.25) is 0 Å². The number of rotatable bonds is 9. The molecule has 0 unspecified atom stereocenters. The van der Waals surface area contributed by atoms with Crippen LogP contribution in [0.1, 0.15) is 59.0 Å². The van der Waals surface area contributed by atoms with Gasteiger partial charge in [0.25, 0.3) is 0 Å². The number of unbranched alkanes of at least 4 members (excludes halogenated alkanes) is 3. The minimum atomic E-state index is 0. The summed E-state index contributed by atoms with van der Waals surface area (Å²) in [6.45, 7) is 10.5. The SMILES string of the molecule is CC.CCNCCCCCCc1cc(C)ccc1OC.[HH]. The summed E-state index contributed by atoms with van der Waals surface area (Å²) in [5, 5.41) is 3.36. The summed E-state index contributed by atoms with van der Waals surface area (Å²) in [7, 11) is 1.75. The van der Waals surface area contributed by atoms with Crippen molar-refractivity contribution in [3.05, 3.63) is 29.3 Å². The first-order valence-electron chi connectivity index (χ1n) is 8.12. The van der Waals surface area contributed by atoms with Crippen LogP contribution in [0.4, 0.5) is 0 Å². The maximum Gasteiger partial charge on any atom is 0.122 e. The number of hydrogen-bond acceptors (Lipinski definition) is 2. The lowest BCUT2D eigenvalue weighted by Crippen LogP contribution is -2.13. The van der Waals surface area contributed by atoms with Gasteiger partial charge in [-0.05, 0) is 50.9 Å². The van der Waals surface area contributed by atoms with Crippen molar-refractivity contribution in [3.8, 4) is 5.75 Å². The molecule has 2 nitrogen and oxygen atoms in total. The monoisotopic (exact) mass is 281 g/mol. The molecule has 1 aromatic carbocycles. The van der Waals surface area contributed by atoms with E-state index in [2.05, 4.69) is 37.4 Å². The van der Waals surface area contributed by atoms with E-state index in [0.29, 0.717) is 0 Å². The Morgan fingerprint density at radius 3 is 2.45 bits per heavy atom. The summed E-state index contributed by atoms with van der Waals surface area (Å²) in [6, 6.07) is 6.44. The second-order valence-corrected chi connectivity index (χ2v) is 4.83. The standard InChI is InChI=1S/C16H27NO.C2H6.H2/c1-4-17-12-8-6-5-7-9-15-13-14(2)10-11-16(15)18-3;1-2;/h10-11,13,17H,4-9,12H2,1-3H3;1-2H3;1H. The summed E-state index contributed by atoms with van der Waals surface area (Å²) < 4.78 is 5.40. The molecule has 0 atom stereocenters. The molecule has 0 saturated carbocycles. The van der Waals surface area contributed by atoms with Gasteiger partial charge in [-0.2, -0.15) is 0 Å². The van der Waals surface area contributed by atoms with Gasteiger partial charge in [-0.15, -0.1) is 0 Å². The number of aryl methyl sites for hydroxylation is 2. The quantitative estimate of drug-likeness (QED) is 0.644. The van der Waals surface area contributed by atoms with E-state index in [9.17, 15) is 0 Å². The summed E-state index contributed by atoms with van der Waals surface area (Å²) in [4.78, 5) is 0. The number of ether oxygens (including phenoxy) is 1. The first kappa shape index (κ1) is 19.0. The van der Waals surface area contributed by atoms with Crippen LogP contribution in [0.5, 0.6) is 5.75 Å². The van der Waals surface area contributed by atoms with E-state index in [1.54, 1.807) is 7.11 Å². The zero-order chi connectivity index (χ0) is 15.2. The van der Waals surface area contributed by atoms with E-state index >= 15 is 0 Å². The molecule has 0 heterocycles. The van der Waals surface area contributed by atoms with Crippen LogP contribution in [0.3, 0.4) is 0 Å². The lowest BCUT2D eigenvalue weighted by molar-refractivity contribution is 0.408. The molecule has 0 aromatic heterocycles. The second-order valence-electron chi connectivity index (χ2n) is 4.83. The third kappa shape index (κ3) is 8.21. The zero-order valence-electron chi connectivity index (χ0n) is 14.1. The molecule has 0 radical (unpaired) electrons. The van der Waals surface area contributed by atoms with E-state index in [0.717, 1.165) is 25.3 Å². The van der Waals surface area contributed by atoms with Crippen molar-refractivity contribution >= 4 is 0 Å². The van der Waals surface area contributed by atoms with E-state index in [1.165, 1.54) is 36.8 Å². The predicted molar refractivity (Wildman–Crippen MR) is 91.9 cm³/mol. The maximum atomic E-state index is 5.40. The fourth-order valence-electron chi connectivity index (χ4n) is 2.20. The van der Waals surface area contributed by atoms with Crippen LogP contribution < -0.4 is 10.1 Å². The third-order valence-electron chi connectivity index (χ3n) is 3.24. The molecule has 1 N–H and O–H groups in total. The van der Waals surface area contributed by atoms with Crippen molar-refractivity contribution in [2.45, 2.75) is 59.8 Å². The Balaban J connectivity index is 0. The fraction of sp³-hybridized carbons (Fsp3) is 0.667. The first-order chi connectivity index (χ1) is 9.77. The summed E-state index contributed by atoms with van der Waals surface area (Å²) in [5.74, 6) is 1.04. The number of nitrogens with one attached hydrogen (secondary N) is 1. The van der Waals surface area contributed by atoms with E-state index in [1.807, 2.05) is 13.8 Å². The lowest BCUT2D eigenvalue weighted by Gasteiger charge is -2.09. The van der Waals surface area contributed by atoms with Gasteiger partial charge in [0.1, 0.15) is 5.75 Å². The van der Waals surface area contributed by atoms with Crippen molar-refractivity contribution in [1.82, 2.24) is 5.32 Å². The van der Waals surface area contributed by atoms with E-state index < -0.39 is 0 Å². The summed E-state index contributed by atoms with van der Waals surface area (Å²) in [6.07, 6.45) is 6.31. The topological polar surface area (TPSA) is 21.3 Å². The molecule has 20 heavy (non-hydrogen) atoms. The lowest BCUT2D eigenvalue weighted by atomic mass is 10.0. The molecule has 1 rings (SSSR count). The average molecular weight is 281 g/mol. The Morgan fingerprint density at radius 1 is 1.10 bits per heavy atom. The number of benzene rings is 1. The third-order valence-corrected chi connectivity index (χ3v) is 3.24. The van der Waals surface area contributed by atoms with Crippen LogP contribution in [-0.4, -0.2) is 20.2 Å². The van der Waals surface area contributed by atoms with Gasteiger partial charge in [-0.3, -0.25) is 0 Å². The number of methoxy groups -OCH3 is 1. The molecule has 0 bridgehead atoms. The van der Waals surface area contributed by atoms with Crippen LogP contribution in [0.15, 0.2) is 18.2 Å². The molecule has 1 aromatic rings. The van der Waals surface area contributed by atoms with Crippen LogP contribution >= 0.6 is 0 Å². The molecule has 0 aliphatic rings. The smallest absolute Gasteiger partial charge is 0.122 e. The highest BCUT2D eigenvalue weighted by molar-refractivity contribution is 5.36. The van der Waals surface area contributed by atoms with Gasteiger partial charge in [0, 0.05) is 1.43 Å². The van der Waals surface area contributed by atoms with E-state index in [4.69, 9.17) is 4.74 Å². The molecule has 0 aliphatic heterocycles. The van der Waals surface area contributed by atoms with Crippen LogP contribution in [0, 0.1) is 6.92 Å². The fourth-order valence-corrected chi connectivity index (χ4v) is 2.20. The predicted octanol–water partition coefficient (Wildman–Crippen LogP) is 4.99.